The molecule has 0 aromatic carbocycles. The van der Waals surface area contributed by atoms with Crippen LogP contribution in [0, 0.1) is 0 Å². The number of carboxylic acid groups (broad SMARTS) is 1. The van der Waals surface area contributed by atoms with Gasteiger partial charge in [-0.1, -0.05) is 0 Å². The van der Waals surface area contributed by atoms with Gasteiger partial charge in [-0.25, -0.2) is 4.79 Å². The van der Waals surface area contributed by atoms with Gasteiger partial charge in [0, 0.05) is 13.5 Å². The van der Waals surface area contributed by atoms with E-state index in [1.807, 2.05) is 0 Å². The van der Waals surface area contributed by atoms with E-state index < -0.39 is 11.5 Å². The average Bonchev–Trinajstić information content (AvgIpc) is 2.32. The first-order chi connectivity index (χ1) is 5.11. The van der Waals surface area contributed by atoms with Gasteiger partial charge in [-0.15, -0.1) is 0 Å². The monoisotopic (exact) mass is 160 g/mol. The third-order valence-corrected chi connectivity index (χ3v) is 2.42. The van der Waals surface area contributed by atoms with Crippen LogP contribution in [0.15, 0.2) is 0 Å². The summed E-state index contributed by atoms with van der Waals surface area (Å²) in [5.41, 5.74) is 2.80. The molecule has 11 heavy (non-hydrogen) atoms. The molecule has 0 heterocycles. The predicted octanol–water partition coefficient (Wildman–Crippen LogP) is -0.749. The Bertz CT molecular complexity index is 171. The van der Waals surface area contributed by atoms with Crippen LogP contribution >= 0.6 is 0 Å². The Hall–Kier alpha value is -0.610. The van der Waals surface area contributed by atoms with E-state index in [0.29, 0.717) is 6.42 Å². The second-order valence-electron chi connectivity index (χ2n) is 3.08. The number of hydrogen-bond acceptors (Lipinski definition) is 2. The Morgan fingerprint density at radius 1 is 1.82 bits per heavy atom. The summed E-state index contributed by atoms with van der Waals surface area (Å²) in [5, 5.41) is 8.83. The van der Waals surface area contributed by atoms with Crippen molar-refractivity contribution in [2.75, 3.05) is 7.11 Å². The molecule has 1 rings (SSSR count). The number of carboxylic acids is 1. The highest BCUT2D eigenvalue weighted by Gasteiger charge is 2.50. The van der Waals surface area contributed by atoms with Gasteiger partial charge in [-0.3, -0.25) is 0 Å². The van der Waals surface area contributed by atoms with Crippen LogP contribution in [0.2, 0.25) is 0 Å². The highest BCUT2D eigenvalue weighted by Crippen LogP contribution is 2.28. The summed E-state index contributed by atoms with van der Waals surface area (Å²) in [4.78, 5) is 10.8. The number of quaternary nitrogens is 1. The van der Waals surface area contributed by atoms with Gasteiger partial charge in [-0.2, -0.15) is 0 Å². The van der Waals surface area contributed by atoms with Gasteiger partial charge >= 0.3 is 5.97 Å². The lowest BCUT2D eigenvalue weighted by Gasteiger charge is -2.21. The summed E-state index contributed by atoms with van der Waals surface area (Å²) in [6.07, 6.45) is 2.13. The SMILES string of the molecule is CO[C@H]1CCC[C@@]1([NH3+])C(=O)O. The zero-order valence-corrected chi connectivity index (χ0v) is 6.67. The van der Waals surface area contributed by atoms with E-state index in [4.69, 9.17) is 9.84 Å². The quantitative estimate of drug-likeness (QED) is 0.558. The molecule has 1 saturated carbocycles. The van der Waals surface area contributed by atoms with Crippen LogP contribution in [0.1, 0.15) is 19.3 Å². The highest BCUT2D eigenvalue weighted by molar-refractivity contribution is 5.78. The fraction of sp³-hybridized carbons (Fsp3) is 0.857. The molecule has 4 nitrogen and oxygen atoms in total. The Morgan fingerprint density at radius 2 is 2.45 bits per heavy atom. The van der Waals surface area contributed by atoms with Gasteiger partial charge in [-0.05, 0) is 12.8 Å². The fourth-order valence-electron chi connectivity index (χ4n) is 1.63. The molecule has 0 spiro atoms. The van der Waals surface area contributed by atoms with Crippen LogP contribution in [0.5, 0.6) is 0 Å². The lowest BCUT2D eigenvalue weighted by molar-refractivity contribution is -0.475. The number of ether oxygens (including phenoxy) is 1. The van der Waals surface area contributed by atoms with Crippen molar-refractivity contribution in [3.05, 3.63) is 0 Å². The molecular weight excluding hydrogens is 146 g/mol. The summed E-state index contributed by atoms with van der Waals surface area (Å²) in [6, 6.07) is 0. The molecule has 0 unspecified atom stereocenters. The lowest BCUT2D eigenvalue weighted by Crippen LogP contribution is -2.80. The van der Waals surface area contributed by atoms with Crippen LogP contribution < -0.4 is 5.73 Å². The van der Waals surface area contributed by atoms with Gasteiger partial charge in [0.1, 0.15) is 6.10 Å². The minimum Gasteiger partial charge on any atom is -0.477 e. The molecule has 0 aromatic rings. The van der Waals surface area contributed by atoms with Crippen molar-refractivity contribution in [2.45, 2.75) is 30.9 Å². The zero-order valence-electron chi connectivity index (χ0n) is 6.67. The van der Waals surface area contributed by atoms with E-state index in [0.717, 1.165) is 12.8 Å². The maximum atomic E-state index is 10.8. The Kier molecular flexibility index (Phi) is 2.15. The van der Waals surface area contributed by atoms with Crippen LogP contribution in [0.3, 0.4) is 0 Å². The first-order valence-electron chi connectivity index (χ1n) is 3.73. The molecule has 4 heteroatoms. The second kappa shape index (κ2) is 2.79. The predicted molar refractivity (Wildman–Crippen MR) is 37.9 cm³/mol. The molecule has 1 fully saturated rings. The van der Waals surface area contributed by atoms with Crippen molar-refractivity contribution >= 4 is 5.97 Å². The molecule has 0 bridgehead atoms. The normalized spacial score (nSPS) is 37.5. The van der Waals surface area contributed by atoms with E-state index in [1.54, 1.807) is 7.11 Å². The van der Waals surface area contributed by atoms with Crippen molar-refractivity contribution < 1.29 is 20.4 Å². The first-order valence-corrected chi connectivity index (χ1v) is 3.73. The summed E-state index contributed by atoms with van der Waals surface area (Å²) < 4.78 is 5.04. The van der Waals surface area contributed by atoms with Gasteiger partial charge < -0.3 is 15.6 Å². The molecule has 0 aliphatic heterocycles. The van der Waals surface area contributed by atoms with Crippen molar-refractivity contribution in [1.29, 1.82) is 0 Å². The molecular formula is C7H14NO3+. The van der Waals surface area contributed by atoms with Crippen LogP contribution in [0.25, 0.3) is 0 Å². The van der Waals surface area contributed by atoms with E-state index >= 15 is 0 Å². The lowest BCUT2D eigenvalue weighted by atomic mass is 9.97. The summed E-state index contributed by atoms with van der Waals surface area (Å²) in [5.74, 6) is -0.846. The number of hydrogen-bond donors (Lipinski definition) is 2. The van der Waals surface area contributed by atoms with Crippen molar-refractivity contribution in [3.63, 3.8) is 0 Å². The topological polar surface area (TPSA) is 74.2 Å². The second-order valence-corrected chi connectivity index (χ2v) is 3.08. The maximum absolute atomic E-state index is 10.8. The van der Waals surface area contributed by atoms with E-state index in [1.165, 1.54) is 0 Å². The smallest absolute Gasteiger partial charge is 0.368 e. The van der Waals surface area contributed by atoms with Gasteiger partial charge in [0.25, 0.3) is 0 Å². The zero-order chi connectivity index (χ0) is 8.48. The molecule has 64 valence electrons. The average molecular weight is 160 g/mol. The molecule has 0 radical (unpaired) electrons. The number of aliphatic carboxylic acids is 1. The molecule has 1 aliphatic rings. The molecule has 0 aromatic heterocycles. The van der Waals surface area contributed by atoms with Crippen LogP contribution in [-0.4, -0.2) is 29.8 Å². The largest absolute Gasteiger partial charge is 0.477 e. The standard InChI is InChI=1S/C7H13NO3/c1-11-5-3-2-4-7(5,8)6(9)10/h5H,2-4,8H2,1H3,(H,9,10)/p+1/t5-,7-/m0/s1. The number of carbonyl (C=O) groups is 1. The molecule has 2 atom stereocenters. The highest BCUT2D eigenvalue weighted by atomic mass is 16.5. The summed E-state index contributed by atoms with van der Waals surface area (Å²) in [7, 11) is 1.54. The van der Waals surface area contributed by atoms with Gasteiger partial charge in [0.2, 0.25) is 5.54 Å². The Balaban J connectivity index is 2.75. The molecule has 1 aliphatic carbocycles. The van der Waals surface area contributed by atoms with Crippen LogP contribution in [-0.2, 0) is 9.53 Å². The molecule has 0 amide bonds. The van der Waals surface area contributed by atoms with E-state index in [9.17, 15) is 4.79 Å². The number of methoxy groups -OCH3 is 1. The van der Waals surface area contributed by atoms with Crippen molar-refractivity contribution in [3.8, 4) is 0 Å². The molecule has 4 N–H and O–H groups in total. The maximum Gasteiger partial charge on any atom is 0.368 e. The fourth-order valence-corrected chi connectivity index (χ4v) is 1.63. The Morgan fingerprint density at radius 3 is 2.82 bits per heavy atom. The third kappa shape index (κ3) is 1.23. The number of rotatable bonds is 2. The van der Waals surface area contributed by atoms with Crippen molar-refractivity contribution in [2.24, 2.45) is 0 Å². The van der Waals surface area contributed by atoms with E-state index in [-0.39, 0.29) is 6.10 Å². The Labute approximate surface area is 65.3 Å². The summed E-state index contributed by atoms with van der Waals surface area (Å²) in [6.45, 7) is 0. The third-order valence-electron chi connectivity index (χ3n) is 2.42. The minimum absolute atomic E-state index is 0.208. The van der Waals surface area contributed by atoms with Crippen molar-refractivity contribution in [1.82, 2.24) is 0 Å². The van der Waals surface area contributed by atoms with Gasteiger partial charge in [0.15, 0.2) is 0 Å². The summed E-state index contributed by atoms with van der Waals surface area (Å²) >= 11 is 0. The minimum atomic E-state index is -0.894. The van der Waals surface area contributed by atoms with E-state index in [2.05, 4.69) is 5.73 Å². The van der Waals surface area contributed by atoms with Crippen LogP contribution in [0.4, 0.5) is 0 Å². The van der Waals surface area contributed by atoms with Gasteiger partial charge in [0.05, 0.1) is 0 Å². The first kappa shape index (κ1) is 8.49. The molecule has 0 saturated heterocycles.